The SMILES string of the molecule is N#CC(=c1c(Oc2ccc(F)cc2)c(Oc2ccc(F)cc2)c(=C(C#N)C(F)(F)F)c2ccccc12)C(F)(F)F. The van der Waals surface area contributed by atoms with Gasteiger partial charge < -0.3 is 9.47 Å². The number of benzene rings is 4. The largest absolute Gasteiger partial charge is 0.453 e. The van der Waals surface area contributed by atoms with E-state index >= 15 is 0 Å². The van der Waals surface area contributed by atoms with E-state index < -0.39 is 67.8 Å². The van der Waals surface area contributed by atoms with E-state index in [9.17, 15) is 45.6 Å². The van der Waals surface area contributed by atoms with Crippen LogP contribution >= 0.6 is 0 Å². The monoisotopic (exact) mass is 560 g/mol. The molecule has 4 aromatic carbocycles. The molecule has 0 heterocycles. The molecule has 0 saturated heterocycles. The summed E-state index contributed by atoms with van der Waals surface area (Å²) >= 11 is 0. The van der Waals surface area contributed by atoms with Gasteiger partial charge in [-0.05, 0) is 59.3 Å². The van der Waals surface area contributed by atoms with Crippen molar-refractivity contribution in [3.63, 3.8) is 0 Å². The molecule has 0 amide bonds. The van der Waals surface area contributed by atoms with Crippen molar-refractivity contribution in [2.24, 2.45) is 0 Å². The number of nitriles is 2. The molecule has 12 heteroatoms. The molecule has 0 fully saturated rings. The van der Waals surface area contributed by atoms with Gasteiger partial charge in [-0.1, -0.05) is 24.3 Å². The predicted molar refractivity (Wildman–Crippen MR) is 126 cm³/mol. The van der Waals surface area contributed by atoms with Crippen LogP contribution in [0.3, 0.4) is 0 Å². The number of rotatable bonds is 4. The third kappa shape index (κ3) is 5.52. The molecule has 40 heavy (non-hydrogen) atoms. The number of ether oxygens (including phenoxy) is 2. The molecule has 0 unspecified atom stereocenters. The van der Waals surface area contributed by atoms with Gasteiger partial charge in [-0.25, -0.2) is 8.78 Å². The summed E-state index contributed by atoms with van der Waals surface area (Å²) in [5.41, 5.74) is -3.69. The average Bonchev–Trinajstić information content (AvgIpc) is 2.88. The lowest BCUT2D eigenvalue weighted by Crippen LogP contribution is -2.28. The van der Waals surface area contributed by atoms with E-state index in [4.69, 9.17) is 9.47 Å². The Labute approximate surface area is 219 Å². The van der Waals surface area contributed by atoms with Crippen molar-refractivity contribution < 1.29 is 44.6 Å². The molecule has 0 N–H and O–H groups in total. The first-order chi connectivity index (χ1) is 18.8. The standard InChI is InChI=1S/C28H12F8N2O2/c29-15-5-9-17(10-6-15)39-25-23(21(13-37)27(31,32)33)19-3-1-2-4-20(19)24(22(14-38)28(34,35)36)26(25)40-18-11-7-16(30)8-12-18/h1-12H. The Kier molecular flexibility index (Phi) is 7.38. The van der Waals surface area contributed by atoms with Crippen molar-refractivity contribution in [1.82, 2.24) is 0 Å². The molecular weight excluding hydrogens is 548 g/mol. The first-order valence-electron chi connectivity index (χ1n) is 11.0. The number of hydrogen-bond donors (Lipinski definition) is 0. The lowest BCUT2D eigenvalue weighted by Gasteiger charge is -2.19. The fraction of sp³-hybridized carbons (Fsp3) is 0.0714. The number of halogens is 8. The van der Waals surface area contributed by atoms with E-state index in [1.807, 2.05) is 0 Å². The molecule has 0 bridgehead atoms. The summed E-state index contributed by atoms with van der Waals surface area (Å²) in [4.78, 5) is 0. The Balaban J connectivity index is 2.36. The molecule has 0 radical (unpaired) electrons. The third-order valence-corrected chi connectivity index (χ3v) is 5.48. The summed E-state index contributed by atoms with van der Waals surface area (Å²) in [6, 6.07) is 13.9. The van der Waals surface area contributed by atoms with Gasteiger partial charge in [0.1, 0.15) is 46.4 Å². The Bertz CT molecular complexity index is 1660. The molecule has 4 rings (SSSR count). The summed E-state index contributed by atoms with van der Waals surface area (Å²) in [6.45, 7) is 0. The van der Waals surface area contributed by atoms with Gasteiger partial charge in [0.05, 0.1) is 10.4 Å². The highest BCUT2D eigenvalue weighted by Gasteiger charge is 2.40. The zero-order valence-corrected chi connectivity index (χ0v) is 19.7. The molecule has 4 nitrogen and oxygen atoms in total. The maximum Gasteiger partial charge on any atom is 0.426 e. The van der Waals surface area contributed by atoms with Crippen LogP contribution in [-0.2, 0) is 0 Å². The minimum Gasteiger partial charge on any atom is -0.453 e. The fourth-order valence-electron chi connectivity index (χ4n) is 3.84. The quantitative estimate of drug-likeness (QED) is 0.248. The zero-order valence-electron chi connectivity index (χ0n) is 19.7. The van der Waals surface area contributed by atoms with Crippen molar-refractivity contribution >= 4 is 21.9 Å². The summed E-state index contributed by atoms with van der Waals surface area (Å²) in [7, 11) is 0. The molecular formula is C28H12F8N2O2. The van der Waals surface area contributed by atoms with Gasteiger partial charge in [-0.15, -0.1) is 0 Å². The van der Waals surface area contributed by atoms with Crippen molar-refractivity contribution in [1.29, 1.82) is 10.5 Å². The molecule has 0 aliphatic heterocycles. The van der Waals surface area contributed by atoms with Crippen LogP contribution in [0.5, 0.6) is 23.0 Å². The summed E-state index contributed by atoms with van der Waals surface area (Å²) in [5, 5.41) is 16.0. The first-order valence-corrected chi connectivity index (χ1v) is 11.0. The van der Waals surface area contributed by atoms with E-state index in [2.05, 4.69) is 0 Å². The van der Waals surface area contributed by atoms with E-state index in [1.165, 1.54) is 12.1 Å². The zero-order chi connectivity index (χ0) is 29.2. The minimum atomic E-state index is -5.32. The summed E-state index contributed by atoms with van der Waals surface area (Å²) in [6.07, 6.45) is -10.6. The number of nitrogens with zero attached hydrogens (tertiary/aromatic N) is 2. The average molecular weight is 560 g/mol. The van der Waals surface area contributed by atoms with Gasteiger partial charge in [-0.3, -0.25) is 0 Å². The second kappa shape index (κ2) is 10.6. The van der Waals surface area contributed by atoms with Crippen LogP contribution in [0.15, 0.2) is 72.8 Å². The van der Waals surface area contributed by atoms with E-state index in [1.54, 1.807) is 0 Å². The molecule has 0 aliphatic carbocycles. The van der Waals surface area contributed by atoms with Crippen molar-refractivity contribution in [3.05, 3.63) is 94.9 Å². The van der Waals surface area contributed by atoms with Gasteiger partial charge in [0.25, 0.3) is 0 Å². The maximum atomic E-state index is 14.1. The molecule has 0 saturated carbocycles. The number of hydrogen-bond acceptors (Lipinski definition) is 4. The van der Waals surface area contributed by atoms with Gasteiger partial charge in [0.15, 0.2) is 11.5 Å². The summed E-state index contributed by atoms with van der Waals surface area (Å²) < 4.78 is 123. The molecule has 202 valence electrons. The van der Waals surface area contributed by atoms with Crippen molar-refractivity contribution in [3.8, 4) is 35.1 Å². The molecule has 0 atom stereocenters. The third-order valence-electron chi connectivity index (χ3n) is 5.48. The highest BCUT2D eigenvalue weighted by atomic mass is 19.4. The highest BCUT2D eigenvalue weighted by Crippen LogP contribution is 2.37. The Morgan fingerprint density at radius 1 is 0.550 bits per heavy atom. The second-order valence-corrected chi connectivity index (χ2v) is 8.03. The van der Waals surface area contributed by atoms with Gasteiger partial charge in [-0.2, -0.15) is 36.9 Å². The van der Waals surface area contributed by atoms with E-state index in [0.717, 1.165) is 72.8 Å². The van der Waals surface area contributed by atoms with Crippen LogP contribution in [0.1, 0.15) is 0 Å². The molecule has 4 aromatic rings. The first kappa shape index (κ1) is 27.9. The minimum absolute atomic E-state index is 0.335. The molecule has 0 spiro atoms. The maximum absolute atomic E-state index is 14.1. The highest BCUT2D eigenvalue weighted by molar-refractivity contribution is 5.94. The van der Waals surface area contributed by atoms with Crippen LogP contribution < -0.4 is 19.9 Å². The van der Waals surface area contributed by atoms with Crippen molar-refractivity contribution in [2.45, 2.75) is 12.4 Å². The van der Waals surface area contributed by atoms with Crippen molar-refractivity contribution in [2.75, 3.05) is 0 Å². The predicted octanol–water partition coefficient (Wildman–Crippen LogP) is 7.18. The number of fused-ring (bicyclic) bond motifs is 1. The normalized spacial score (nSPS) is 13.2. The summed E-state index contributed by atoms with van der Waals surface area (Å²) in [5.74, 6) is -4.22. The second-order valence-electron chi connectivity index (χ2n) is 8.03. The lowest BCUT2D eigenvalue weighted by atomic mass is 9.97. The van der Waals surface area contributed by atoms with Gasteiger partial charge in [0.2, 0.25) is 0 Å². The van der Waals surface area contributed by atoms with E-state index in [0.29, 0.717) is 0 Å². The fourth-order valence-corrected chi connectivity index (χ4v) is 3.84. The molecule has 0 aliphatic rings. The van der Waals surface area contributed by atoms with Crippen LogP contribution in [0.2, 0.25) is 0 Å². The van der Waals surface area contributed by atoms with E-state index in [-0.39, 0.29) is 11.5 Å². The molecule has 0 aromatic heterocycles. The topological polar surface area (TPSA) is 66.0 Å². The van der Waals surface area contributed by atoms with Gasteiger partial charge in [0, 0.05) is 0 Å². The van der Waals surface area contributed by atoms with Crippen LogP contribution in [0.25, 0.3) is 21.9 Å². The van der Waals surface area contributed by atoms with Gasteiger partial charge >= 0.3 is 12.4 Å². The Morgan fingerprint density at radius 2 is 0.875 bits per heavy atom. The van der Waals surface area contributed by atoms with Crippen LogP contribution in [-0.4, -0.2) is 12.4 Å². The lowest BCUT2D eigenvalue weighted by molar-refractivity contribution is -0.0694. The Morgan fingerprint density at radius 3 is 1.15 bits per heavy atom. The number of alkyl halides is 6. The smallest absolute Gasteiger partial charge is 0.426 e. The van der Waals surface area contributed by atoms with Crippen LogP contribution in [0.4, 0.5) is 35.1 Å². The van der Waals surface area contributed by atoms with Crippen LogP contribution in [0, 0.1) is 34.3 Å². The Hall–Kier alpha value is -5.10.